The third-order valence-corrected chi connectivity index (χ3v) is 8.42. The van der Waals surface area contributed by atoms with Crippen LogP contribution in [0.5, 0.6) is 0 Å². The molecule has 208 valence electrons. The van der Waals surface area contributed by atoms with E-state index < -0.39 is 0 Å². The van der Waals surface area contributed by atoms with Crippen LogP contribution in [-0.2, 0) is 19.5 Å². The lowest BCUT2D eigenvalue weighted by atomic mass is 10.0. The van der Waals surface area contributed by atoms with Gasteiger partial charge >= 0.3 is 0 Å². The lowest BCUT2D eigenvalue weighted by molar-refractivity contribution is 0.248. The molecule has 0 atom stereocenters. The van der Waals surface area contributed by atoms with Crippen molar-refractivity contribution in [3.63, 3.8) is 0 Å². The molecule has 1 saturated heterocycles. The van der Waals surface area contributed by atoms with Crippen molar-refractivity contribution in [1.29, 1.82) is 0 Å². The molecule has 0 bridgehead atoms. The number of hydrogen-bond donors (Lipinski definition) is 1. The van der Waals surface area contributed by atoms with Crippen LogP contribution in [0.4, 0.5) is 17.3 Å². The molecule has 7 heteroatoms. The molecule has 5 aromatic rings. The average Bonchev–Trinajstić information content (AvgIpc) is 3.44. The van der Waals surface area contributed by atoms with Crippen molar-refractivity contribution in [2.24, 2.45) is 0 Å². The number of imidazole rings is 1. The van der Waals surface area contributed by atoms with Gasteiger partial charge in [-0.2, -0.15) is 0 Å². The summed E-state index contributed by atoms with van der Waals surface area (Å²) >= 11 is 0. The van der Waals surface area contributed by atoms with Crippen molar-refractivity contribution in [2.75, 3.05) is 54.9 Å². The molecular formula is C34H37N7. The number of anilines is 3. The zero-order valence-corrected chi connectivity index (χ0v) is 23.7. The van der Waals surface area contributed by atoms with Crippen LogP contribution in [0.3, 0.4) is 0 Å². The first-order chi connectivity index (χ1) is 20.2. The first kappa shape index (κ1) is 25.6. The van der Waals surface area contributed by atoms with Crippen LogP contribution in [0.15, 0.2) is 91.3 Å². The standard InChI is InChI=1S/C34H37N7/c1-38(32-11-5-10-31-30(32)9-6-17-35-31)24-29-25-41-33(37-29)16-18-36-34(41)40-21-19-39(20-22-40)23-26-12-14-28(15-13-26)27-7-3-2-4-8-27/h2-5,7-8,10-16,18,25,35H,6,9,17,19-24H2,1H3. The summed E-state index contributed by atoms with van der Waals surface area (Å²) in [6.45, 7) is 6.70. The highest BCUT2D eigenvalue weighted by molar-refractivity contribution is 5.68. The van der Waals surface area contributed by atoms with Gasteiger partial charge in [-0.25, -0.2) is 9.97 Å². The van der Waals surface area contributed by atoms with Gasteiger partial charge < -0.3 is 15.1 Å². The van der Waals surface area contributed by atoms with E-state index in [-0.39, 0.29) is 0 Å². The maximum Gasteiger partial charge on any atom is 0.211 e. The smallest absolute Gasteiger partial charge is 0.211 e. The number of piperazine rings is 1. The van der Waals surface area contributed by atoms with Gasteiger partial charge in [0.25, 0.3) is 0 Å². The van der Waals surface area contributed by atoms with E-state index in [1.54, 1.807) is 0 Å². The first-order valence-electron chi connectivity index (χ1n) is 14.7. The first-order valence-corrected chi connectivity index (χ1v) is 14.7. The van der Waals surface area contributed by atoms with Gasteiger partial charge in [0.1, 0.15) is 5.65 Å². The van der Waals surface area contributed by atoms with Crippen molar-refractivity contribution in [3.8, 4) is 11.1 Å². The summed E-state index contributed by atoms with van der Waals surface area (Å²) < 4.78 is 2.17. The molecule has 0 radical (unpaired) electrons. The summed E-state index contributed by atoms with van der Waals surface area (Å²) in [6, 6.07) is 28.2. The Bertz CT molecular complexity index is 1620. The van der Waals surface area contributed by atoms with Gasteiger partial charge in [0, 0.05) is 70.1 Å². The molecule has 4 heterocycles. The second kappa shape index (κ2) is 11.3. The van der Waals surface area contributed by atoms with Crippen LogP contribution < -0.4 is 15.1 Å². The predicted octanol–water partition coefficient (Wildman–Crippen LogP) is 5.71. The van der Waals surface area contributed by atoms with Gasteiger partial charge in [0.15, 0.2) is 0 Å². The molecule has 0 amide bonds. The minimum atomic E-state index is 0.758. The molecule has 1 fully saturated rings. The molecule has 1 N–H and O–H groups in total. The van der Waals surface area contributed by atoms with Crippen LogP contribution in [0.1, 0.15) is 23.2 Å². The number of rotatable bonds is 7. The molecule has 0 aliphatic carbocycles. The number of nitrogens with zero attached hydrogens (tertiary/aromatic N) is 6. The predicted molar refractivity (Wildman–Crippen MR) is 168 cm³/mol. The van der Waals surface area contributed by atoms with Crippen LogP contribution >= 0.6 is 0 Å². The van der Waals surface area contributed by atoms with Crippen LogP contribution in [0.2, 0.25) is 0 Å². The van der Waals surface area contributed by atoms with Crippen LogP contribution in [-0.4, -0.2) is 59.0 Å². The molecule has 0 saturated carbocycles. The van der Waals surface area contributed by atoms with E-state index >= 15 is 0 Å². The third-order valence-electron chi connectivity index (χ3n) is 8.42. The zero-order chi connectivity index (χ0) is 27.6. The van der Waals surface area contributed by atoms with E-state index in [1.807, 2.05) is 12.3 Å². The SMILES string of the molecule is CN(Cc1cn2c(N3CCN(Cc4ccc(-c5ccccc5)cc4)CC3)nccc2n1)c1cccc2c1CCCN2. The summed E-state index contributed by atoms with van der Waals surface area (Å²) in [4.78, 5) is 17.0. The van der Waals surface area contributed by atoms with E-state index in [9.17, 15) is 0 Å². The largest absolute Gasteiger partial charge is 0.385 e. The molecular weight excluding hydrogens is 506 g/mol. The van der Waals surface area contributed by atoms with E-state index in [0.29, 0.717) is 0 Å². The van der Waals surface area contributed by atoms with Crippen molar-refractivity contribution in [1.82, 2.24) is 19.3 Å². The number of fused-ring (bicyclic) bond motifs is 2. The summed E-state index contributed by atoms with van der Waals surface area (Å²) in [5.41, 5.74) is 9.87. The zero-order valence-electron chi connectivity index (χ0n) is 23.7. The molecule has 2 aromatic heterocycles. The summed E-state index contributed by atoms with van der Waals surface area (Å²) in [5.74, 6) is 0.983. The second-order valence-electron chi connectivity index (χ2n) is 11.2. The fourth-order valence-corrected chi connectivity index (χ4v) is 6.24. The molecule has 7 rings (SSSR count). The van der Waals surface area contributed by atoms with Gasteiger partial charge in [0.05, 0.1) is 12.2 Å². The lowest BCUT2D eigenvalue weighted by Crippen LogP contribution is -2.46. The second-order valence-corrected chi connectivity index (χ2v) is 11.2. The van der Waals surface area contributed by atoms with Crippen LogP contribution in [0.25, 0.3) is 16.8 Å². The molecule has 0 unspecified atom stereocenters. The van der Waals surface area contributed by atoms with Gasteiger partial charge in [-0.1, -0.05) is 60.7 Å². The van der Waals surface area contributed by atoms with Crippen molar-refractivity contribution >= 4 is 23.0 Å². The van der Waals surface area contributed by atoms with Gasteiger partial charge in [-0.05, 0) is 53.3 Å². The number of benzene rings is 3. The highest BCUT2D eigenvalue weighted by Gasteiger charge is 2.21. The quantitative estimate of drug-likeness (QED) is 0.284. The van der Waals surface area contributed by atoms with Crippen LogP contribution in [0, 0.1) is 0 Å². The Labute approximate surface area is 242 Å². The van der Waals surface area contributed by atoms with Gasteiger partial charge in [-0.15, -0.1) is 0 Å². The highest BCUT2D eigenvalue weighted by Crippen LogP contribution is 2.32. The normalized spacial score (nSPS) is 15.5. The Morgan fingerprint density at radius 3 is 2.49 bits per heavy atom. The fraction of sp³-hybridized carbons (Fsp3) is 0.294. The number of aromatic nitrogens is 3. The number of nitrogens with one attached hydrogen (secondary N) is 1. The maximum absolute atomic E-state index is 4.97. The molecule has 41 heavy (non-hydrogen) atoms. The highest BCUT2D eigenvalue weighted by atomic mass is 15.3. The van der Waals surface area contributed by atoms with Crippen molar-refractivity contribution in [3.05, 3.63) is 108 Å². The molecule has 7 nitrogen and oxygen atoms in total. The summed E-state index contributed by atoms with van der Waals surface area (Å²) in [5, 5.41) is 3.55. The maximum atomic E-state index is 4.97. The van der Waals surface area contributed by atoms with E-state index in [0.717, 1.165) is 69.5 Å². The van der Waals surface area contributed by atoms with Gasteiger partial charge in [0.2, 0.25) is 5.95 Å². The lowest BCUT2D eigenvalue weighted by Gasteiger charge is -2.35. The Morgan fingerprint density at radius 1 is 0.854 bits per heavy atom. The monoisotopic (exact) mass is 543 g/mol. The minimum absolute atomic E-state index is 0.758. The molecule has 3 aromatic carbocycles. The Hall–Kier alpha value is -4.36. The van der Waals surface area contributed by atoms with Crippen molar-refractivity contribution in [2.45, 2.75) is 25.9 Å². The van der Waals surface area contributed by atoms with E-state index in [2.05, 4.69) is 110 Å². The van der Waals surface area contributed by atoms with Crippen molar-refractivity contribution < 1.29 is 0 Å². The molecule has 2 aliphatic rings. The summed E-state index contributed by atoms with van der Waals surface area (Å²) in [7, 11) is 2.17. The minimum Gasteiger partial charge on any atom is -0.385 e. The van der Waals surface area contributed by atoms with E-state index in [1.165, 1.54) is 40.0 Å². The third kappa shape index (κ3) is 5.37. The summed E-state index contributed by atoms with van der Waals surface area (Å²) in [6.07, 6.45) is 6.36. The number of hydrogen-bond acceptors (Lipinski definition) is 6. The Morgan fingerprint density at radius 2 is 1.66 bits per heavy atom. The molecule has 2 aliphatic heterocycles. The Balaban J connectivity index is 1.01. The Kier molecular flexibility index (Phi) is 7.03. The average molecular weight is 544 g/mol. The topological polar surface area (TPSA) is 51.9 Å². The molecule has 0 spiro atoms. The van der Waals surface area contributed by atoms with Gasteiger partial charge in [-0.3, -0.25) is 9.30 Å². The fourth-order valence-electron chi connectivity index (χ4n) is 6.24. The van der Waals surface area contributed by atoms with E-state index in [4.69, 9.17) is 9.97 Å².